The molecule has 0 aliphatic carbocycles. The normalized spacial score (nSPS) is 10.7. The fraction of sp³-hybridized carbons (Fsp3) is 0.105. The Morgan fingerprint density at radius 1 is 1.27 bits per heavy atom. The summed E-state index contributed by atoms with van der Waals surface area (Å²) < 4.78 is 5.03. The van der Waals surface area contributed by atoms with Crippen molar-refractivity contribution in [2.24, 2.45) is 0 Å². The first-order chi connectivity index (χ1) is 12.4. The number of benzene rings is 2. The van der Waals surface area contributed by atoms with Crippen molar-refractivity contribution in [3.8, 4) is 11.8 Å². The fourth-order valence-corrected chi connectivity index (χ4v) is 2.21. The van der Waals surface area contributed by atoms with E-state index in [0.29, 0.717) is 22.0 Å². The highest BCUT2D eigenvalue weighted by Gasteiger charge is 2.11. The van der Waals surface area contributed by atoms with Gasteiger partial charge in [0.25, 0.3) is 5.91 Å². The summed E-state index contributed by atoms with van der Waals surface area (Å²) in [6, 6.07) is 13.3. The Balaban J connectivity index is 2.14. The van der Waals surface area contributed by atoms with Gasteiger partial charge in [-0.3, -0.25) is 4.79 Å². The van der Waals surface area contributed by atoms with Crippen LogP contribution in [0.1, 0.15) is 11.1 Å². The van der Waals surface area contributed by atoms with Gasteiger partial charge in [-0.1, -0.05) is 29.8 Å². The summed E-state index contributed by atoms with van der Waals surface area (Å²) in [4.78, 5) is 22.8. The smallest absolute Gasteiger partial charge is 0.341 e. The lowest BCUT2D eigenvalue weighted by molar-refractivity contribution is -0.139. The van der Waals surface area contributed by atoms with Crippen LogP contribution in [0.15, 0.2) is 48.0 Å². The number of carbonyl (C=O) groups excluding carboxylic acids is 1. The van der Waals surface area contributed by atoms with Gasteiger partial charge in [0.2, 0.25) is 0 Å². The van der Waals surface area contributed by atoms with Crippen LogP contribution in [0.4, 0.5) is 5.69 Å². The number of amides is 1. The molecule has 26 heavy (non-hydrogen) atoms. The van der Waals surface area contributed by atoms with E-state index in [1.54, 1.807) is 42.5 Å². The number of carboxylic acid groups (broad SMARTS) is 1. The minimum absolute atomic E-state index is 0.0800. The molecule has 2 aromatic rings. The summed E-state index contributed by atoms with van der Waals surface area (Å²) in [5, 5.41) is 21.0. The lowest BCUT2D eigenvalue weighted by Crippen LogP contribution is -2.14. The lowest BCUT2D eigenvalue weighted by Gasteiger charge is -2.08. The number of rotatable bonds is 6. The maximum atomic E-state index is 12.3. The van der Waals surface area contributed by atoms with Crippen molar-refractivity contribution in [1.29, 1.82) is 5.26 Å². The zero-order valence-electron chi connectivity index (χ0n) is 13.8. The van der Waals surface area contributed by atoms with Gasteiger partial charge in [0.1, 0.15) is 17.4 Å². The molecule has 6 nitrogen and oxygen atoms in total. The van der Waals surface area contributed by atoms with Gasteiger partial charge in [-0.15, -0.1) is 0 Å². The maximum Gasteiger partial charge on any atom is 0.341 e. The van der Waals surface area contributed by atoms with E-state index in [2.05, 4.69) is 5.32 Å². The van der Waals surface area contributed by atoms with Crippen LogP contribution in [0, 0.1) is 18.3 Å². The Morgan fingerprint density at radius 3 is 2.58 bits per heavy atom. The number of carboxylic acids is 1. The van der Waals surface area contributed by atoms with Gasteiger partial charge in [0.05, 0.1) is 0 Å². The molecule has 0 heterocycles. The van der Waals surface area contributed by atoms with E-state index in [0.717, 1.165) is 5.56 Å². The predicted molar refractivity (Wildman–Crippen MR) is 98.0 cm³/mol. The molecule has 2 rings (SSSR count). The average Bonchev–Trinajstić information content (AvgIpc) is 2.61. The van der Waals surface area contributed by atoms with Crippen molar-refractivity contribution in [1.82, 2.24) is 0 Å². The fourth-order valence-electron chi connectivity index (χ4n) is 2.04. The third-order valence-corrected chi connectivity index (χ3v) is 3.60. The molecule has 0 unspecified atom stereocenters. The van der Waals surface area contributed by atoms with Crippen molar-refractivity contribution >= 4 is 35.2 Å². The number of halogens is 1. The number of nitrogens with one attached hydrogen (secondary N) is 1. The summed E-state index contributed by atoms with van der Waals surface area (Å²) in [5.41, 5.74) is 1.87. The average molecular weight is 371 g/mol. The predicted octanol–water partition coefficient (Wildman–Crippen LogP) is 3.66. The minimum Gasteiger partial charge on any atom is -0.482 e. The number of nitrogens with zero attached hydrogens (tertiary/aromatic N) is 1. The first-order valence-electron chi connectivity index (χ1n) is 7.53. The molecule has 0 radical (unpaired) electrons. The van der Waals surface area contributed by atoms with Gasteiger partial charge in [0, 0.05) is 10.7 Å². The minimum atomic E-state index is -1.08. The van der Waals surface area contributed by atoms with Crippen LogP contribution in [0.2, 0.25) is 5.02 Å². The maximum absolute atomic E-state index is 12.3. The van der Waals surface area contributed by atoms with E-state index in [1.807, 2.05) is 13.0 Å². The molecule has 0 aliphatic heterocycles. The van der Waals surface area contributed by atoms with Crippen molar-refractivity contribution < 1.29 is 19.4 Å². The van der Waals surface area contributed by atoms with Crippen LogP contribution in [0.3, 0.4) is 0 Å². The molecular formula is C19H15ClN2O4. The molecule has 0 saturated carbocycles. The number of hydrogen-bond donors (Lipinski definition) is 2. The van der Waals surface area contributed by atoms with Gasteiger partial charge in [0.15, 0.2) is 6.61 Å². The Bertz CT molecular complexity index is 899. The molecule has 1 amide bonds. The lowest BCUT2D eigenvalue weighted by atomic mass is 10.1. The standard InChI is InChI=1S/C19H15ClN2O4/c1-12-2-5-15(20)9-17(12)22-19(25)14(10-21)8-13-3-6-16(7-4-13)26-11-18(23)24/h2-9H,11H2,1H3,(H,22,25)(H,23,24)/b14-8+. The molecule has 0 aliphatic rings. The van der Waals surface area contributed by atoms with Gasteiger partial charge in [-0.05, 0) is 48.4 Å². The van der Waals surface area contributed by atoms with Crippen molar-refractivity contribution in [3.63, 3.8) is 0 Å². The second-order valence-corrected chi connectivity index (χ2v) is 5.77. The van der Waals surface area contributed by atoms with E-state index in [-0.39, 0.29) is 5.57 Å². The number of ether oxygens (including phenoxy) is 1. The van der Waals surface area contributed by atoms with E-state index < -0.39 is 18.5 Å². The number of anilines is 1. The van der Waals surface area contributed by atoms with E-state index in [1.165, 1.54) is 6.08 Å². The Morgan fingerprint density at radius 2 is 1.96 bits per heavy atom. The van der Waals surface area contributed by atoms with Gasteiger partial charge < -0.3 is 15.2 Å². The van der Waals surface area contributed by atoms with Gasteiger partial charge in [-0.2, -0.15) is 5.26 Å². The molecule has 0 saturated heterocycles. The zero-order chi connectivity index (χ0) is 19.1. The first kappa shape index (κ1) is 19.0. The Hall–Kier alpha value is -3.30. The van der Waals surface area contributed by atoms with E-state index in [9.17, 15) is 14.9 Å². The van der Waals surface area contributed by atoms with Crippen LogP contribution in [0.25, 0.3) is 6.08 Å². The monoisotopic (exact) mass is 370 g/mol. The summed E-state index contributed by atoms with van der Waals surface area (Å²) in [5.74, 6) is -1.25. The molecule has 7 heteroatoms. The second-order valence-electron chi connectivity index (χ2n) is 5.33. The molecule has 2 N–H and O–H groups in total. The highest BCUT2D eigenvalue weighted by atomic mass is 35.5. The molecular weight excluding hydrogens is 356 g/mol. The molecule has 0 fully saturated rings. The second kappa shape index (κ2) is 8.70. The van der Waals surface area contributed by atoms with Crippen LogP contribution >= 0.6 is 11.6 Å². The van der Waals surface area contributed by atoms with Crippen LogP contribution in [-0.4, -0.2) is 23.6 Å². The third-order valence-electron chi connectivity index (χ3n) is 3.37. The highest BCUT2D eigenvalue weighted by molar-refractivity contribution is 6.31. The van der Waals surface area contributed by atoms with Gasteiger partial charge >= 0.3 is 5.97 Å². The van der Waals surface area contributed by atoms with E-state index in [4.69, 9.17) is 21.4 Å². The van der Waals surface area contributed by atoms with Crippen molar-refractivity contribution in [2.75, 3.05) is 11.9 Å². The highest BCUT2D eigenvalue weighted by Crippen LogP contribution is 2.21. The number of aliphatic carboxylic acids is 1. The molecule has 132 valence electrons. The molecule has 0 spiro atoms. The molecule has 0 bridgehead atoms. The van der Waals surface area contributed by atoms with Crippen LogP contribution in [-0.2, 0) is 9.59 Å². The summed E-state index contributed by atoms with van der Waals surface area (Å²) >= 11 is 5.92. The third kappa shape index (κ3) is 5.36. The summed E-state index contributed by atoms with van der Waals surface area (Å²) in [7, 11) is 0. The number of nitriles is 1. The molecule has 0 aromatic heterocycles. The largest absolute Gasteiger partial charge is 0.482 e. The topological polar surface area (TPSA) is 99.4 Å². The van der Waals surface area contributed by atoms with E-state index >= 15 is 0 Å². The first-order valence-corrected chi connectivity index (χ1v) is 7.91. The van der Waals surface area contributed by atoms with Crippen molar-refractivity contribution in [3.05, 3.63) is 64.2 Å². The zero-order valence-corrected chi connectivity index (χ0v) is 14.6. The summed E-state index contributed by atoms with van der Waals surface area (Å²) in [6.45, 7) is 1.37. The summed E-state index contributed by atoms with van der Waals surface area (Å²) in [6.07, 6.45) is 1.43. The van der Waals surface area contributed by atoms with Crippen LogP contribution in [0.5, 0.6) is 5.75 Å². The Labute approximate surface area is 155 Å². The molecule has 2 aromatic carbocycles. The van der Waals surface area contributed by atoms with Crippen molar-refractivity contribution in [2.45, 2.75) is 6.92 Å². The van der Waals surface area contributed by atoms with Crippen LogP contribution < -0.4 is 10.1 Å². The SMILES string of the molecule is Cc1ccc(Cl)cc1NC(=O)/C(C#N)=C/c1ccc(OCC(=O)O)cc1. The number of aryl methyl sites for hydroxylation is 1. The number of carbonyl (C=O) groups is 2. The Kier molecular flexibility index (Phi) is 6.36. The van der Waals surface area contributed by atoms with Gasteiger partial charge in [-0.25, -0.2) is 4.79 Å². The molecule has 0 atom stereocenters. The quantitative estimate of drug-likeness (QED) is 0.597. The number of hydrogen-bond acceptors (Lipinski definition) is 4.